The Bertz CT molecular complexity index is 1140. The van der Waals surface area contributed by atoms with Crippen molar-refractivity contribution in [2.24, 2.45) is 5.14 Å². The smallest absolute Gasteiger partial charge is 0.238 e. The number of rotatable bonds is 3. The number of nitrogens with two attached hydrogens (primary N) is 1. The molecule has 3 aromatic carbocycles. The van der Waals surface area contributed by atoms with Crippen LogP contribution in [0.15, 0.2) is 59.5 Å². The second kappa shape index (κ2) is 6.37. The van der Waals surface area contributed by atoms with Crippen molar-refractivity contribution >= 4 is 10.0 Å². The number of hydrogen-bond acceptors (Lipinski definition) is 4. The van der Waals surface area contributed by atoms with Crippen molar-refractivity contribution in [3.8, 4) is 33.8 Å². The normalized spacial score (nSPS) is 13.0. The molecule has 1 aliphatic rings. The lowest BCUT2D eigenvalue weighted by Crippen LogP contribution is -2.11. The third kappa shape index (κ3) is 3.27. The molecule has 1 aliphatic heterocycles. The Hall–Kier alpha value is -2.90. The maximum Gasteiger partial charge on any atom is 0.238 e. The molecule has 0 bridgehead atoms. The van der Waals surface area contributed by atoms with Crippen LogP contribution in [0.5, 0.6) is 11.5 Å². The topological polar surface area (TPSA) is 78.6 Å². The highest BCUT2D eigenvalue weighted by atomic mass is 32.2. The Morgan fingerprint density at radius 1 is 0.889 bits per heavy atom. The first-order valence-electron chi connectivity index (χ1n) is 8.16. The average Bonchev–Trinajstić information content (AvgIpc) is 3.10. The minimum atomic E-state index is -3.78. The number of sulfonamides is 1. The zero-order valence-electron chi connectivity index (χ0n) is 14.4. The van der Waals surface area contributed by atoms with Gasteiger partial charge in [-0.05, 0) is 65.1 Å². The molecule has 0 amide bonds. The van der Waals surface area contributed by atoms with Gasteiger partial charge in [-0.2, -0.15) is 0 Å². The molecule has 0 atom stereocenters. The molecule has 5 nitrogen and oxygen atoms in total. The number of hydrogen-bond donors (Lipinski definition) is 1. The van der Waals surface area contributed by atoms with Crippen molar-refractivity contribution in [1.29, 1.82) is 0 Å². The van der Waals surface area contributed by atoms with Crippen LogP contribution >= 0.6 is 0 Å². The molecular weight excluding hydrogens is 369 g/mol. The van der Waals surface area contributed by atoms with E-state index in [0.29, 0.717) is 22.6 Å². The van der Waals surface area contributed by atoms with Crippen LogP contribution < -0.4 is 14.6 Å². The number of fused-ring (bicyclic) bond motifs is 1. The van der Waals surface area contributed by atoms with Crippen LogP contribution in [-0.4, -0.2) is 15.2 Å². The van der Waals surface area contributed by atoms with Crippen LogP contribution in [0, 0.1) is 12.7 Å². The predicted molar refractivity (Wildman–Crippen MR) is 99.5 cm³/mol. The van der Waals surface area contributed by atoms with Gasteiger partial charge in [-0.15, -0.1) is 0 Å². The van der Waals surface area contributed by atoms with Crippen molar-refractivity contribution in [2.45, 2.75) is 11.8 Å². The third-order valence-corrected chi connectivity index (χ3v) is 5.42. The summed E-state index contributed by atoms with van der Waals surface area (Å²) in [4.78, 5) is 0.0231. The van der Waals surface area contributed by atoms with Crippen LogP contribution in [-0.2, 0) is 10.0 Å². The third-order valence-electron chi connectivity index (χ3n) is 4.49. The number of aryl methyl sites for hydroxylation is 1. The number of halogens is 1. The molecule has 0 radical (unpaired) electrons. The van der Waals surface area contributed by atoms with Crippen LogP contribution in [0.3, 0.4) is 0 Å². The fourth-order valence-corrected chi connectivity index (χ4v) is 3.52. The first-order valence-corrected chi connectivity index (χ1v) is 9.71. The molecule has 138 valence electrons. The molecule has 0 spiro atoms. The van der Waals surface area contributed by atoms with E-state index in [4.69, 9.17) is 14.6 Å². The van der Waals surface area contributed by atoms with E-state index in [1.165, 1.54) is 18.2 Å². The van der Waals surface area contributed by atoms with Crippen LogP contribution in [0.2, 0.25) is 0 Å². The quantitative estimate of drug-likeness (QED) is 0.743. The lowest BCUT2D eigenvalue weighted by molar-refractivity contribution is 0.174. The molecule has 0 saturated carbocycles. The maximum absolute atomic E-state index is 14.1. The molecule has 1 heterocycles. The van der Waals surface area contributed by atoms with E-state index in [1.54, 1.807) is 37.3 Å². The van der Waals surface area contributed by atoms with Gasteiger partial charge in [0.25, 0.3) is 0 Å². The molecule has 4 rings (SSSR count). The van der Waals surface area contributed by atoms with Gasteiger partial charge in [0, 0.05) is 0 Å². The average molecular weight is 385 g/mol. The Labute approximate surface area is 156 Å². The van der Waals surface area contributed by atoms with Crippen molar-refractivity contribution in [2.75, 3.05) is 6.79 Å². The van der Waals surface area contributed by atoms with Gasteiger partial charge in [-0.25, -0.2) is 17.9 Å². The summed E-state index contributed by atoms with van der Waals surface area (Å²) in [5.74, 6) is 0.855. The first-order chi connectivity index (χ1) is 12.8. The zero-order valence-corrected chi connectivity index (χ0v) is 15.2. The summed E-state index contributed by atoms with van der Waals surface area (Å²) in [6, 6.07) is 14.8. The standard InChI is InChI=1S/C20H16FNO4S/c1-12-2-3-14(8-18(12)21)17-10-20-19(25-11-26-20)9-16(17)13-4-6-15(7-5-13)27(22,23)24/h2-10H,11H2,1H3,(H2,22,23,24). The van der Waals surface area contributed by atoms with Crippen molar-refractivity contribution in [3.05, 3.63) is 66.0 Å². The molecule has 3 aromatic rings. The number of ether oxygens (including phenoxy) is 2. The Balaban J connectivity index is 1.90. The Morgan fingerprint density at radius 2 is 1.44 bits per heavy atom. The first kappa shape index (κ1) is 17.5. The highest BCUT2D eigenvalue weighted by Gasteiger charge is 2.20. The second-order valence-corrected chi connectivity index (χ2v) is 7.85. The molecule has 0 aromatic heterocycles. The maximum atomic E-state index is 14.1. The summed E-state index contributed by atoms with van der Waals surface area (Å²) in [7, 11) is -3.78. The van der Waals surface area contributed by atoms with Gasteiger partial charge >= 0.3 is 0 Å². The molecule has 7 heteroatoms. The molecule has 0 unspecified atom stereocenters. The van der Waals surface area contributed by atoms with E-state index in [2.05, 4.69) is 0 Å². The van der Waals surface area contributed by atoms with E-state index in [1.807, 2.05) is 6.07 Å². The monoisotopic (exact) mass is 385 g/mol. The number of primary sulfonamides is 1. The molecule has 0 saturated heterocycles. The Morgan fingerprint density at radius 3 is 2.00 bits per heavy atom. The summed E-state index contributed by atoms with van der Waals surface area (Å²) in [5, 5.41) is 5.17. The van der Waals surface area contributed by atoms with E-state index in [-0.39, 0.29) is 17.5 Å². The van der Waals surface area contributed by atoms with Crippen LogP contribution in [0.25, 0.3) is 22.3 Å². The lowest BCUT2D eigenvalue weighted by atomic mass is 9.93. The highest BCUT2D eigenvalue weighted by molar-refractivity contribution is 7.89. The van der Waals surface area contributed by atoms with E-state index in [9.17, 15) is 12.8 Å². The van der Waals surface area contributed by atoms with E-state index >= 15 is 0 Å². The summed E-state index contributed by atoms with van der Waals surface area (Å²) in [5.41, 5.74) is 3.50. The molecular formula is C20H16FNO4S. The van der Waals surface area contributed by atoms with Crippen LogP contribution in [0.1, 0.15) is 5.56 Å². The van der Waals surface area contributed by atoms with Crippen molar-refractivity contribution in [1.82, 2.24) is 0 Å². The summed E-state index contributed by atoms with van der Waals surface area (Å²) in [6.45, 7) is 1.82. The van der Waals surface area contributed by atoms with E-state index in [0.717, 1.165) is 16.7 Å². The minimum Gasteiger partial charge on any atom is -0.454 e. The lowest BCUT2D eigenvalue weighted by Gasteiger charge is -2.13. The molecule has 2 N–H and O–H groups in total. The summed E-state index contributed by atoms with van der Waals surface area (Å²) in [6.07, 6.45) is 0. The fraction of sp³-hybridized carbons (Fsp3) is 0.100. The highest BCUT2D eigenvalue weighted by Crippen LogP contribution is 2.43. The molecule has 27 heavy (non-hydrogen) atoms. The van der Waals surface area contributed by atoms with Crippen LogP contribution in [0.4, 0.5) is 4.39 Å². The number of benzene rings is 3. The van der Waals surface area contributed by atoms with Gasteiger partial charge in [-0.3, -0.25) is 0 Å². The van der Waals surface area contributed by atoms with Gasteiger partial charge < -0.3 is 9.47 Å². The second-order valence-electron chi connectivity index (χ2n) is 6.28. The summed E-state index contributed by atoms with van der Waals surface area (Å²) < 4.78 is 48.0. The SMILES string of the molecule is Cc1ccc(-c2cc3c(cc2-c2ccc(S(N)(=O)=O)cc2)OCO3)cc1F. The summed E-state index contributed by atoms with van der Waals surface area (Å²) >= 11 is 0. The zero-order chi connectivity index (χ0) is 19.2. The van der Waals surface area contributed by atoms with Gasteiger partial charge in [0.1, 0.15) is 5.82 Å². The largest absolute Gasteiger partial charge is 0.454 e. The molecule has 0 fully saturated rings. The van der Waals surface area contributed by atoms with Crippen molar-refractivity contribution in [3.63, 3.8) is 0 Å². The van der Waals surface area contributed by atoms with Gasteiger partial charge in [0.15, 0.2) is 11.5 Å². The van der Waals surface area contributed by atoms with Gasteiger partial charge in [0.05, 0.1) is 4.90 Å². The fourth-order valence-electron chi connectivity index (χ4n) is 3.00. The predicted octanol–water partition coefficient (Wildman–Crippen LogP) is 3.84. The van der Waals surface area contributed by atoms with Crippen molar-refractivity contribution < 1.29 is 22.3 Å². The van der Waals surface area contributed by atoms with E-state index < -0.39 is 10.0 Å². The minimum absolute atomic E-state index is 0.0231. The van der Waals surface area contributed by atoms with Gasteiger partial charge in [-0.1, -0.05) is 24.3 Å². The molecule has 0 aliphatic carbocycles. The van der Waals surface area contributed by atoms with Gasteiger partial charge in [0.2, 0.25) is 16.8 Å². The Kier molecular flexibility index (Phi) is 4.13.